The summed E-state index contributed by atoms with van der Waals surface area (Å²) in [6, 6.07) is 13.6. The van der Waals surface area contributed by atoms with E-state index in [1.54, 1.807) is 12.3 Å². The standard InChI is InChI=1S/C20H21N5O/c1-13(12-24-14(2)9-10-21-24)17-11-18(26)25-20(22-17)19(15(3)23-25)16-7-5-4-6-8-16/h4-11,13,23H,12H2,1-3H3/t13-/m0/s1. The molecule has 26 heavy (non-hydrogen) atoms. The van der Waals surface area contributed by atoms with Gasteiger partial charge in [-0.3, -0.25) is 14.6 Å². The average Bonchev–Trinajstić information content (AvgIpc) is 3.18. The molecule has 1 atom stereocenters. The second-order valence-electron chi connectivity index (χ2n) is 6.71. The molecule has 0 unspecified atom stereocenters. The predicted octanol–water partition coefficient (Wildman–Crippen LogP) is 3.31. The lowest BCUT2D eigenvalue weighted by Crippen LogP contribution is -2.18. The number of benzene rings is 1. The van der Waals surface area contributed by atoms with Crippen LogP contribution in [-0.4, -0.2) is 24.4 Å². The van der Waals surface area contributed by atoms with Crippen LogP contribution in [0.4, 0.5) is 0 Å². The van der Waals surface area contributed by atoms with Crippen molar-refractivity contribution >= 4 is 5.65 Å². The van der Waals surface area contributed by atoms with Crippen LogP contribution in [0.25, 0.3) is 16.8 Å². The van der Waals surface area contributed by atoms with Gasteiger partial charge in [-0.2, -0.15) is 5.10 Å². The van der Waals surface area contributed by atoms with E-state index in [2.05, 4.69) is 17.1 Å². The third kappa shape index (κ3) is 2.73. The number of aromatic amines is 1. The highest BCUT2D eigenvalue weighted by Gasteiger charge is 2.17. The fraction of sp³-hybridized carbons (Fsp3) is 0.250. The Morgan fingerprint density at radius 2 is 1.92 bits per heavy atom. The Kier molecular flexibility index (Phi) is 3.95. The molecule has 0 saturated carbocycles. The number of hydrogen-bond acceptors (Lipinski definition) is 3. The van der Waals surface area contributed by atoms with Crippen molar-refractivity contribution in [3.8, 4) is 11.1 Å². The van der Waals surface area contributed by atoms with Gasteiger partial charge in [0.05, 0.1) is 5.69 Å². The smallest absolute Gasteiger partial charge is 0.272 e. The van der Waals surface area contributed by atoms with E-state index in [9.17, 15) is 4.79 Å². The highest BCUT2D eigenvalue weighted by atomic mass is 16.1. The fourth-order valence-electron chi connectivity index (χ4n) is 3.31. The summed E-state index contributed by atoms with van der Waals surface area (Å²) in [6.45, 7) is 6.74. The van der Waals surface area contributed by atoms with Crippen molar-refractivity contribution in [1.29, 1.82) is 0 Å². The molecular weight excluding hydrogens is 326 g/mol. The molecule has 0 bridgehead atoms. The predicted molar refractivity (Wildman–Crippen MR) is 101 cm³/mol. The molecular formula is C20H21N5O. The second kappa shape index (κ2) is 6.29. The van der Waals surface area contributed by atoms with Crippen LogP contribution < -0.4 is 5.56 Å². The van der Waals surface area contributed by atoms with Crippen LogP contribution >= 0.6 is 0 Å². The number of rotatable bonds is 4. The maximum absolute atomic E-state index is 12.6. The Balaban J connectivity index is 1.83. The van der Waals surface area contributed by atoms with Gasteiger partial charge in [-0.25, -0.2) is 9.50 Å². The molecule has 6 heteroatoms. The summed E-state index contributed by atoms with van der Waals surface area (Å²) < 4.78 is 3.46. The van der Waals surface area contributed by atoms with Crippen molar-refractivity contribution in [1.82, 2.24) is 24.4 Å². The molecule has 132 valence electrons. The van der Waals surface area contributed by atoms with Crippen molar-refractivity contribution in [2.75, 3.05) is 0 Å². The van der Waals surface area contributed by atoms with Gasteiger partial charge in [0.15, 0.2) is 5.65 Å². The Hall–Kier alpha value is -3.15. The van der Waals surface area contributed by atoms with Crippen LogP contribution in [-0.2, 0) is 6.54 Å². The SMILES string of the molecule is Cc1[nH]n2c(=O)cc([C@@H](C)Cn3nccc3C)nc2c1-c1ccccc1. The number of aryl methyl sites for hydroxylation is 2. The lowest BCUT2D eigenvalue weighted by Gasteiger charge is -2.13. The zero-order valence-corrected chi connectivity index (χ0v) is 15.1. The third-order valence-electron chi connectivity index (χ3n) is 4.76. The highest BCUT2D eigenvalue weighted by molar-refractivity contribution is 5.79. The molecule has 0 amide bonds. The minimum atomic E-state index is -0.0979. The summed E-state index contributed by atoms with van der Waals surface area (Å²) in [5.74, 6) is 0.0742. The van der Waals surface area contributed by atoms with Gasteiger partial charge in [0, 0.05) is 41.7 Å². The van der Waals surface area contributed by atoms with E-state index in [1.165, 1.54) is 4.52 Å². The number of aromatic nitrogens is 5. The summed E-state index contributed by atoms with van der Waals surface area (Å²) in [5.41, 5.74) is 5.38. The maximum Gasteiger partial charge on any atom is 0.272 e. The summed E-state index contributed by atoms with van der Waals surface area (Å²) >= 11 is 0. The Morgan fingerprint density at radius 3 is 2.62 bits per heavy atom. The Bertz CT molecular complexity index is 1120. The van der Waals surface area contributed by atoms with Crippen LogP contribution in [0, 0.1) is 13.8 Å². The van der Waals surface area contributed by atoms with Gasteiger partial charge in [-0.05, 0) is 25.5 Å². The molecule has 3 heterocycles. The molecule has 0 aliphatic heterocycles. The van der Waals surface area contributed by atoms with Crippen LogP contribution in [0.1, 0.15) is 29.9 Å². The quantitative estimate of drug-likeness (QED) is 0.616. The first kappa shape index (κ1) is 16.3. The molecule has 0 saturated heterocycles. The van der Waals surface area contributed by atoms with Gasteiger partial charge < -0.3 is 0 Å². The lowest BCUT2D eigenvalue weighted by atomic mass is 10.1. The summed E-state index contributed by atoms with van der Waals surface area (Å²) in [7, 11) is 0. The van der Waals surface area contributed by atoms with E-state index in [1.807, 2.05) is 54.9 Å². The third-order valence-corrected chi connectivity index (χ3v) is 4.76. The van der Waals surface area contributed by atoms with E-state index in [0.717, 1.165) is 28.2 Å². The average molecular weight is 347 g/mol. The molecule has 0 radical (unpaired) electrons. The highest BCUT2D eigenvalue weighted by Crippen LogP contribution is 2.27. The molecule has 4 rings (SSSR count). The van der Waals surface area contributed by atoms with E-state index < -0.39 is 0 Å². The molecule has 4 aromatic rings. The topological polar surface area (TPSA) is 68.0 Å². The Morgan fingerprint density at radius 1 is 1.15 bits per heavy atom. The van der Waals surface area contributed by atoms with Crippen LogP contribution in [0.2, 0.25) is 0 Å². The largest absolute Gasteiger partial charge is 0.293 e. The second-order valence-corrected chi connectivity index (χ2v) is 6.71. The molecule has 0 aliphatic carbocycles. The van der Waals surface area contributed by atoms with Crippen molar-refractivity contribution in [3.05, 3.63) is 76.1 Å². The number of nitrogens with one attached hydrogen (secondary N) is 1. The molecule has 0 spiro atoms. The number of hydrogen-bond donors (Lipinski definition) is 1. The van der Waals surface area contributed by atoms with E-state index in [0.29, 0.717) is 12.2 Å². The van der Waals surface area contributed by atoms with Crippen molar-refractivity contribution in [2.45, 2.75) is 33.2 Å². The summed E-state index contributed by atoms with van der Waals surface area (Å²) in [5, 5.41) is 7.47. The van der Waals surface area contributed by atoms with E-state index >= 15 is 0 Å². The Labute approximate surface area is 151 Å². The first-order valence-electron chi connectivity index (χ1n) is 8.70. The van der Waals surface area contributed by atoms with Crippen molar-refractivity contribution in [2.24, 2.45) is 0 Å². The summed E-state index contributed by atoms with van der Waals surface area (Å²) in [4.78, 5) is 17.5. The molecule has 0 aliphatic rings. The van der Waals surface area contributed by atoms with E-state index in [4.69, 9.17) is 4.98 Å². The minimum absolute atomic E-state index is 0.0742. The van der Waals surface area contributed by atoms with Crippen LogP contribution in [0.5, 0.6) is 0 Å². The fourth-order valence-corrected chi connectivity index (χ4v) is 3.31. The monoisotopic (exact) mass is 347 g/mol. The minimum Gasteiger partial charge on any atom is -0.293 e. The maximum atomic E-state index is 12.6. The molecule has 1 aromatic carbocycles. The molecule has 6 nitrogen and oxygen atoms in total. The molecule has 1 N–H and O–H groups in total. The number of H-pyrrole nitrogens is 1. The van der Waals surface area contributed by atoms with Crippen LogP contribution in [0.3, 0.4) is 0 Å². The number of nitrogens with zero attached hydrogens (tertiary/aromatic N) is 4. The van der Waals surface area contributed by atoms with Crippen molar-refractivity contribution in [3.63, 3.8) is 0 Å². The van der Waals surface area contributed by atoms with Crippen LogP contribution in [0.15, 0.2) is 53.5 Å². The van der Waals surface area contributed by atoms with Gasteiger partial charge in [0.25, 0.3) is 5.56 Å². The first-order valence-corrected chi connectivity index (χ1v) is 8.70. The summed E-state index contributed by atoms with van der Waals surface area (Å²) in [6.07, 6.45) is 1.79. The van der Waals surface area contributed by atoms with Gasteiger partial charge >= 0.3 is 0 Å². The normalized spacial score (nSPS) is 12.6. The lowest BCUT2D eigenvalue weighted by molar-refractivity contribution is 0.523. The zero-order chi connectivity index (χ0) is 18.3. The van der Waals surface area contributed by atoms with Gasteiger partial charge in [-0.15, -0.1) is 0 Å². The van der Waals surface area contributed by atoms with Gasteiger partial charge in [0.1, 0.15) is 0 Å². The zero-order valence-electron chi connectivity index (χ0n) is 15.1. The van der Waals surface area contributed by atoms with Gasteiger partial charge in [-0.1, -0.05) is 37.3 Å². The van der Waals surface area contributed by atoms with E-state index in [-0.39, 0.29) is 11.5 Å². The first-order chi connectivity index (χ1) is 12.5. The number of fused-ring (bicyclic) bond motifs is 1. The van der Waals surface area contributed by atoms with Gasteiger partial charge in [0.2, 0.25) is 0 Å². The molecule has 3 aromatic heterocycles. The molecule has 0 fully saturated rings. The van der Waals surface area contributed by atoms with Crippen molar-refractivity contribution < 1.29 is 0 Å².